The third kappa shape index (κ3) is 6.43. The van der Waals surface area contributed by atoms with E-state index >= 15 is 0 Å². The lowest BCUT2D eigenvalue weighted by molar-refractivity contribution is -0.154. The van der Waals surface area contributed by atoms with Crippen LogP contribution in [0.25, 0.3) is 16.9 Å². The van der Waals surface area contributed by atoms with Crippen molar-refractivity contribution in [2.24, 2.45) is 0 Å². The number of nitrogens with zero attached hydrogens (tertiary/aromatic N) is 3. The second-order valence-electron chi connectivity index (χ2n) is 6.53. The third-order valence-corrected chi connectivity index (χ3v) is 4.70. The van der Waals surface area contributed by atoms with Crippen molar-refractivity contribution in [1.29, 1.82) is 0 Å². The van der Waals surface area contributed by atoms with Gasteiger partial charge >= 0.3 is 6.18 Å². The van der Waals surface area contributed by atoms with Crippen LogP contribution in [0.1, 0.15) is 5.56 Å². The number of alkyl halides is 3. The Balaban J connectivity index is 1.93. The largest absolute Gasteiger partial charge is 0.481 e. The van der Waals surface area contributed by atoms with Crippen LogP contribution in [0.4, 0.5) is 13.2 Å². The molecule has 3 rings (SSSR count). The molecule has 1 N–H and O–H groups in total. The number of rotatable bonds is 8. The molecule has 0 amide bonds. The average Bonchev–Trinajstić information content (AvgIpc) is 3.14. The van der Waals surface area contributed by atoms with Gasteiger partial charge in [0.2, 0.25) is 21.8 Å². The van der Waals surface area contributed by atoms with Gasteiger partial charge in [-0.1, -0.05) is 24.3 Å². The van der Waals surface area contributed by atoms with Crippen LogP contribution in [0.5, 0.6) is 11.8 Å². The summed E-state index contributed by atoms with van der Waals surface area (Å²) >= 11 is 0. The molecule has 0 bridgehead atoms. The SMILES string of the molecule is COc1ccc(-n2nc(OCC(F)(F)F)cc2-c2ccc(CNS(C)(=O)=O)cc2)cn1. The summed E-state index contributed by atoms with van der Waals surface area (Å²) in [5, 5.41) is 4.13. The van der Waals surface area contributed by atoms with Gasteiger partial charge in [-0.15, -0.1) is 5.10 Å². The van der Waals surface area contributed by atoms with Crippen LogP contribution in [0.3, 0.4) is 0 Å². The molecule has 3 aromatic rings. The van der Waals surface area contributed by atoms with Crippen molar-refractivity contribution in [3.63, 3.8) is 0 Å². The van der Waals surface area contributed by atoms with Crippen molar-refractivity contribution in [2.45, 2.75) is 12.7 Å². The minimum atomic E-state index is -4.50. The van der Waals surface area contributed by atoms with Crippen molar-refractivity contribution < 1.29 is 31.1 Å². The molecule has 0 radical (unpaired) electrons. The quantitative estimate of drug-likeness (QED) is 0.560. The highest BCUT2D eigenvalue weighted by Crippen LogP contribution is 2.28. The van der Waals surface area contributed by atoms with Gasteiger partial charge in [0.25, 0.3) is 0 Å². The van der Waals surface area contributed by atoms with E-state index in [0.717, 1.165) is 6.26 Å². The molecule has 0 atom stereocenters. The van der Waals surface area contributed by atoms with Crippen molar-refractivity contribution >= 4 is 10.0 Å². The predicted octanol–water partition coefficient (Wildman–Crippen LogP) is 2.93. The van der Waals surface area contributed by atoms with E-state index in [-0.39, 0.29) is 12.4 Å². The molecule has 0 aliphatic carbocycles. The number of hydrogen-bond acceptors (Lipinski definition) is 6. The Morgan fingerprint density at radius 2 is 1.81 bits per heavy atom. The van der Waals surface area contributed by atoms with Crippen molar-refractivity contribution in [3.05, 3.63) is 54.2 Å². The maximum absolute atomic E-state index is 12.5. The number of hydrogen-bond donors (Lipinski definition) is 1. The molecule has 8 nitrogen and oxygen atoms in total. The van der Waals surface area contributed by atoms with Gasteiger partial charge in [0.15, 0.2) is 6.61 Å². The number of halogens is 3. The molecule has 166 valence electrons. The highest BCUT2D eigenvalue weighted by molar-refractivity contribution is 7.88. The first kappa shape index (κ1) is 22.6. The van der Waals surface area contributed by atoms with E-state index in [4.69, 9.17) is 9.47 Å². The monoisotopic (exact) mass is 456 g/mol. The van der Waals surface area contributed by atoms with E-state index in [2.05, 4.69) is 14.8 Å². The van der Waals surface area contributed by atoms with Crippen LogP contribution < -0.4 is 14.2 Å². The standard InChI is InChI=1S/C19H19F3N4O4S/c1-29-17-8-7-15(11-23-17)26-16(9-18(25-26)30-12-19(20,21)22)14-5-3-13(4-6-14)10-24-31(2,27)28/h3-9,11,24H,10,12H2,1-2H3. The Labute approximate surface area is 176 Å². The normalized spacial score (nSPS) is 12.0. The highest BCUT2D eigenvalue weighted by atomic mass is 32.2. The highest BCUT2D eigenvalue weighted by Gasteiger charge is 2.29. The van der Waals surface area contributed by atoms with E-state index in [1.165, 1.54) is 24.1 Å². The zero-order valence-electron chi connectivity index (χ0n) is 16.5. The van der Waals surface area contributed by atoms with E-state index in [9.17, 15) is 21.6 Å². The van der Waals surface area contributed by atoms with Crippen LogP contribution >= 0.6 is 0 Å². The zero-order chi connectivity index (χ0) is 22.6. The third-order valence-electron chi connectivity index (χ3n) is 4.03. The molecule has 2 aromatic heterocycles. The fourth-order valence-corrected chi connectivity index (χ4v) is 3.04. The van der Waals surface area contributed by atoms with E-state index in [0.29, 0.717) is 28.4 Å². The minimum Gasteiger partial charge on any atom is -0.481 e. The van der Waals surface area contributed by atoms with E-state index in [1.54, 1.807) is 36.4 Å². The Bertz CT molecular complexity index is 1130. The smallest absolute Gasteiger partial charge is 0.422 e. The topological polar surface area (TPSA) is 95.3 Å². The van der Waals surface area contributed by atoms with Gasteiger partial charge in [-0.2, -0.15) is 13.2 Å². The summed E-state index contributed by atoms with van der Waals surface area (Å²) in [4.78, 5) is 4.10. The molecular weight excluding hydrogens is 437 g/mol. The fourth-order valence-electron chi connectivity index (χ4n) is 2.61. The minimum absolute atomic E-state index is 0.112. The number of benzene rings is 1. The number of aromatic nitrogens is 3. The molecule has 0 aliphatic rings. The van der Waals surface area contributed by atoms with Gasteiger partial charge in [0, 0.05) is 24.2 Å². The molecule has 2 heterocycles. The molecular formula is C19H19F3N4O4S. The molecule has 0 fully saturated rings. The number of ether oxygens (including phenoxy) is 2. The molecule has 31 heavy (non-hydrogen) atoms. The summed E-state index contributed by atoms with van der Waals surface area (Å²) in [6, 6.07) is 11.5. The van der Waals surface area contributed by atoms with E-state index in [1.807, 2.05) is 0 Å². The van der Waals surface area contributed by atoms with Gasteiger partial charge in [0.05, 0.1) is 30.9 Å². The fraction of sp³-hybridized carbons (Fsp3) is 0.263. The zero-order valence-corrected chi connectivity index (χ0v) is 17.4. The lowest BCUT2D eigenvalue weighted by Gasteiger charge is -2.09. The van der Waals surface area contributed by atoms with Gasteiger partial charge < -0.3 is 9.47 Å². The maximum Gasteiger partial charge on any atom is 0.422 e. The summed E-state index contributed by atoms with van der Waals surface area (Å²) in [5.41, 5.74) is 2.29. The molecule has 0 spiro atoms. The number of methoxy groups -OCH3 is 1. The lowest BCUT2D eigenvalue weighted by Crippen LogP contribution is -2.21. The lowest BCUT2D eigenvalue weighted by atomic mass is 10.1. The molecule has 1 aromatic carbocycles. The molecule has 0 saturated heterocycles. The summed E-state index contributed by atoms with van der Waals surface area (Å²) < 4.78 is 73.7. The number of nitrogens with one attached hydrogen (secondary N) is 1. The van der Waals surface area contributed by atoms with Crippen LogP contribution in [-0.2, 0) is 16.6 Å². The second kappa shape index (κ2) is 8.94. The Hall–Kier alpha value is -3.12. The van der Waals surface area contributed by atoms with Gasteiger partial charge in [0.1, 0.15) is 0 Å². The van der Waals surface area contributed by atoms with Crippen LogP contribution in [-0.4, -0.2) is 49.3 Å². The summed E-state index contributed by atoms with van der Waals surface area (Å²) in [6.07, 6.45) is -1.97. The van der Waals surface area contributed by atoms with Crippen molar-refractivity contribution in [2.75, 3.05) is 20.0 Å². The van der Waals surface area contributed by atoms with Gasteiger partial charge in [-0.05, 0) is 11.6 Å². The van der Waals surface area contributed by atoms with Crippen LogP contribution in [0, 0.1) is 0 Å². The van der Waals surface area contributed by atoms with Crippen LogP contribution in [0.2, 0.25) is 0 Å². The first-order valence-electron chi connectivity index (χ1n) is 8.88. The van der Waals surface area contributed by atoms with E-state index < -0.39 is 22.8 Å². The molecule has 0 saturated carbocycles. The summed E-state index contributed by atoms with van der Waals surface area (Å²) in [6.45, 7) is -1.36. The molecule has 0 unspecified atom stereocenters. The Morgan fingerprint density at radius 3 is 2.35 bits per heavy atom. The van der Waals surface area contributed by atoms with Gasteiger partial charge in [-0.3, -0.25) is 0 Å². The Morgan fingerprint density at radius 1 is 1.10 bits per heavy atom. The van der Waals surface area contributed by atoms with Crippen molar-refractivity contribution in [1.82, 2.24) is 19.5 Å². The van der Waals surface area contributed by atoms with Crippen LogP contribution in [0.15, 0.2) is 48.7 Å². The second-order valence-corrected chi connectivity index (χ2v) is 8.37. The maximum atomic E-state index is 12.5. The predicted molar refractivity (Wildman–Crippen MR) is 107 cm³/mol. The number of sulfonamides is 1. The molecule has 12 heteroatoms. The first-order chi connectivity index (χ1) is 14.5. The van der Waals surface area contributed by atoms with Gasteiger partial charge in [-0.25, -0.2) is 22.8 Å². The summed E-state index contributed by atoms with van der Waals surface area (Å²) in [7, 11) is -1.88. The Kier molecular flexibility index (Phi) is 6.51. The summed E-state index contributed by atoms with van der Waals surface area (Å²) in [5.74, 6) is 0.166. The number of pyridine rings is 1. The molecule has 0 aliphatic heterocycles. The van der Waals surface area contributed by atoms with Crippen molar-refractivity contribution in [3.8, 4) is 28.7 Å². The first-order valence-corrected chi connectivity index (χ1v) is 10.8. The average molecular weight is 456 g/mol.